The number of hydrogen-bond donors (Lipinski definition) is 0. The first-order valence-electron chi connectivity index (χ1n) is 2.26. The molecule has 0 aromatic heterocycles. The first-order chi connectivity index (χ1) is 3.39. The van der Waals surface area contributed by atoms with Crippen LogP contribution in [0.3, 0.4) is 0 Å². The van der Waals surface area contributed by atoms with E-state index in [1.165, 1.54) is 0 Å². The van der Waals surface area contributed by atoms with Gasteiger partial charge in [0, 0.05) is 52.4 Å². The van der Waals surface area contributed by atoms with Gasteiger partial charge in [-0.25, -0.2) is 0 Å². The maximum Gasteiger partial charge on any atom is 0 e. The summed E-state index contributed by atoms with van der Waals surface area (Å²) in [6.07, 6.45) is 0. The molecule has 0 unspecified atom stereocenters. The molecule has 0 fully saturated rings. The molecule has 0 aliphatic carbocycles. The number of benzene rings is 1. The average molecular weight is 274 g/mol. The Kier molecular flexibility index (Phi) is 9.97. The Morgan fingerprint density at radius 1 is 0.889 bits per heavy atom. The summed E-state index contributed by atoms with van der Waals surface area (Å²) in [7, 11) is 0. The SMILES string of the molecule is [CH2]c1ccccc1.[Zr].[Zr]. The molecule has 0 atom stereocenters. The van der Waals surface area contributed by atoms with Crippen molar-refractivity contribution in [3.63, 3.8) is 0 Å². The van der Waals surface area contributed by atoms with Crippen LogP contribution in [0.15, 0.2) is 30.3 Å². The smallest absolute Gasteiger partial charge is 0 e. The van der Waals surface area contributed by atoms with E-state index in [4.69, 9.17) is 0 Å². The van der Waals surface area contributed by atoms with Gasteiger partial charge in [-0.1, -0.05) is 30.3 Å². The molecule has 0 nitrogen and oxygen atoms in total. The van der Waals surface area contributed by atoms with Crippen molar-refractivity contribution in [3.8, 4) is 0 Å². The van der Waals surface area contributed by atoms with E-state index in [1.54, 1.807) is 0 Å². The van der Waals surface area contributed by atoms with E-state index in [0.717, 1.165) is 5.56 Å². The third-order valence-electron chi connectivity index (χ3n) is 0.843. The standard InChI is InChI=1S/C7H7.2Zr/c1-7-5-3-2-4-6-7;;/h2-6H,1H2;;. The summed E-state index contributed by atoms with van der Waals surface area (Å²) in [5, 5.41) is 0. The van der Waals surface area contributed by atoms with Crippen molar-refractivity contribution in [2.24, 2.45) is 0 Å². The zero-order chi connectivity index (χ0) is 5.11. The molecule has 0 amide bonds. The van der Waals surface area contributed by atoms with Gasteiger partial charge in [-0.2, -0.15) is 0 Å². The van der Waals surface area contributed by atoms with Crippen molar-refractivity contribution in [1.29, 1.82) is 0 Å². The molecule has 0 saturated carbocycles. The minimum Gasteiger partial charge on any atom is -0.0622 e. The van der Waals surface area contributed by atoms with Crippen molar-refractivity contribution in [1.82, 2.24) is 0 Å². The molecule has 0 heterocycles. The molecule has 1 aromatic rings. The Labute approximate surface area is 94.3 Å². The second kappa shape index (κ2) is 7.10. The van der Waals surface area contributed by atoms with Crippen molar-refractivity contribution in [3.05, 3.63) is 42.8 Å². The third-order valence-corrected chi connectivity index (χ3v) is 0.843. The van der Waals surface area contributed by atoms with Crippen LogP contribution in [0.2, 0.25) is 0 Å². The molecular weight excluding hydrogens is 267 g/mol. The van der Waals surface area contributed by atoms with Gasteiger partial charge in [0.2, 0.25) is 0 Å². The average Bonchev–Trinajstić information content (AvgIpc) is 1.69. The molecule has 0 aliphatic rings. The fourth-order valence-electron chi connectivity index (χ4n) is 0.478. The molecule has 43 valence electrons. The van der Waals surface area contributed by atoms with Crippen LogP contribution in [0.4, 0.5) is 0 Å². The van der Waals surface area contributed by atoms with Crippen LogP contribution in [-0.2, 0) is 52.4 Å². The second-order valence-corrected chi connectivity index (χ2v) is 1.49. The van der Waals surface area contributed by atoms with Crippen molar-refractivity contribution >= 4 is 0 Å². The zero-order valence-corrected chi connectivity index (χ0v) is 10.0. The predicted molar refractivity (Wildman–Crippen MR) is 30.9 cm³/mol. The fraction of sp³-hybridized carbons (Fsp3) is 0. The molecule has 1 rings (SSSR count). The van der Waals surface area contributed by atoms with Crippen molar-refractivity contribution < 1.29 is 52.4 Å². The third kappa shape index (κ3) is 5.43. The summed E-state index contributed by atoms with van der Waals surface area (Å²) in [4.78, 5) is 0. The van der Waals surface area contributed by atoms with Crippen molar-refractivity contribution in [2.75, 3.05) is 0 Å². The number of hydrogen-bond acceptors (Lipinski definition) is 0. The van der Waals surface area contributed by atoms with Crippen LogP contribution in [0.25, 0.3) is 0 Å². The van der Waals surface area contributed by atoms with Gasteiger partial charge in [0.25, 0.3) is 0 Å². The van der Waals surface area contributed by atoms with Crippen LogP contribution in [-0.4, -0.2) is 0 Å². The summed E-state index contributed by atoms with van der Waals surface area (Å²) in [5.41, 5.74) is 1.07. The summed E-state index contributed by atoms with van der Waals surface area (Å²) in [6, 6.07) is 9.87. The summed E-state index contributed by atoms with van der Waals surface area (Å²) >= 11 is 0. The topological polar surface area (TPSA) is 0 Å². The first kappa shape index (κ1) is 12.6. The Hall–Kier alpha value is 0.986. The van der Waals surface area contributed by atoms with Gasteiger partial charge in [-0.15, -0.1) is 0 Å². The molecule has 1 aromatic carbocycles. The molecule has 1 radical (unpaired) electrons. The van der Waals surface area contributed by atoms with Crippen LogP contribution in [0, 0.1) is 6.92 Å². The molecule has 0 aliphatic heterocycles. The van der Waals surface area contributed by atoms with Crippen molar-refractivity contribution in [2.45, 2.75) is 0 Å². The molecule has 9 heavy (non-hydrogen) atoms. The molecule has 0 spiro atoms. The zero-order valence-electron chi connectivity index (χ0n) is 5.09. The predicted octanol–water partition coefficient (Wildman–Crippen LogP) is 1.86. The Bertz CT molecular complexity index is 137. The van der Waals surface area contributed by atoms with Gasteiger partial charge in [0.1, 0.15) is 0 Å². The Balaban J connectivity index is 0. The van der Waals surface area contributed by atoms with Gasteiger partial charge < -0.3 is 0 Å². The van der Waals surface area contributed by atoms with Gasteiger partial charge >= 0.3 is 0 Å². The van der Waals surface area contributed by atoms with E-state index in [2.05, 4.69) is 6.92 Å². The quantitative estimate of drug-likeness (QED) is 0.677. The van der Waals surface area contributed by atoms with Crippen LogP contribution < -0.4 is 0 Å². The first-order valence-corrected chi connectivity index (χ1v) is 2.26. The Morgan fingerprint density at radius 2 is 1.33 bits per heavy atom. The van der Waals surface area contributed by atoms with E-state index in [1.807, 2.05) is 30.3 Å². The van der Waals surface area contributed by atoms with E-state index in [-0.39, 0.29) is 52.4 Å². The normalized spacial score (nSPS) is 6.78. The summed E-state index contributed by atoms with van der Waals surface area (Å²) in [5.74, 6) is 0. The maximum absolute atomic E-state index is 3.72. The van der Waals surface area contributed by atoms with Crippen LogP contribution in [0.1, 0.15) is 5.56 Å². The largest absolute Gasteiger partial charge is 0.0622 e. The van der Waals surface area contributed by atoms with Gasteiger partial charge in [0.15, 0.2) is 0 Å². The van der Waals surface area contributed by atoms with E-state index in [0.29, 0.717) is 0 Å². The Morgan fingerprint density at radius 3 is 1.56 bits per heavy atom. The van der Waals surface area contributed by atoms with E-state index < -0.39 is 0 Å². The van der Waals surface area contributed by atoms with Gasteiger partial charge in [0.05, 0.1) is 0 Å². The van der Waals surface area contributed by atoms with E-state index in [9.17, 15) is 0 Å². The molecule has 0 bridgehead atoms. The summed E-state index contributed by atoms with van der Waals surface area (Å²) < 4.78 is 0. The summed E-state index contributed by atoms with van der Waals surface area (Å²) in [6.45, 7) is 3.72. The fourth-order valence-corrected chi connectivity index (χ4v) is 0.478. The van der Waals surface area contributed by atoms with Gasteiger partial charge in [-0.3, -0.25) is 0 Å². The minimum atomic E-state index is 0. The molecule has 0 saturated heterocycles. The maximum atomic E-state index is 3.72. The molecule has 0 N–H and O–H groups in total. The molecular formula is C7H7Zr2. The van der Waals surface area contributed by atoms with Crippen LogP contribution in [0.5, 0.6) is 0 Å². The van der Waals surface area contributed by atoms with E-state index >= 15 is 0 Å². The second-order valence-electron chi connectivity index (χ2n) is 1.49. The number of rotatable bonds is 0. The van der Waals surface area contributed by atoms with Crippen LogP contribution >= 0.6 is 0 Å². The monoisotopic (exact) mass is 271 g/mol. The van der Waals surface area contributed by atoms with Gasteiger partial charge in [-0.05, 0) is 12.5 Å². The minimum absolute atomic E-state index is 0. The molecule has 2 heteroatoms.